The molecule has 4 fully saturated rings. The monoisotopic (exact) mass is 394 g/mol. The molecule has 152 valence electrons. The first-order valence-electron chi connectivity index (χ1n) is 9.22. The number of ketones is 2. The van der Waals surface area contributed by atoms with E-state index in [-0.39, 0.29) is 30.8 Å². The number of methoxy groups -OCH3 is 2. The van der Waals surface area contributed by atoms with Crippen LogP contribution in [0.15, 0.2) is 0 Å². The van der Waals surface area contributed by atoms with Crippen molar-refractivity contribution in [3.8, 4) is 0 Å². The van der Waals surface area contributed by atoms with E-state index in [0.29, 0.717) is 0 Å². The third kappa shape index (κ3) is 1.70. The predicted molar refractivity (Wildman–Crippen MR) is 88.4 cm³/mol. The van der Waals surface area contributed by atoms with Crippen LogP contribution in [0.4, 0.5) is 0 Å². The molecule has 0 aromatic carbocycles. The third-order valence-electron chi connectivity index (χ3n) is 7.56. The molecule has 0 radical (unpaired) electrons. The molecular formula is C19H22O9. The molecule has 4 saturated carbocycles. The quantitative estimate of drug-likeness (QED) is 0.500. The maximum Gasteiger partial charge on any atom is 0.318 e. The van der Waals surface area contributed by atoms with Gasteiger partial charge in [-0.05, 0) is 11.8 Å². The minimum absolute atomic E-state index is 0.0156. The number of hydrogen-bond donors (Lipinski definition) is 1. The van der Waals surface area contributed by atoms with Crippen molar-refractivity contribution >= 4 is 29.5 Å². The van der Waals surface area contributed by atoms with E-state index in [1.807, 2.05) is 0 Å². The Hall–Kier alpha value is -2.29. The Balaban J connectivity index is 2.08. The average molecular weight is 394 g/mol. The molecule has 0 aliphatic heterocycles. The summed E-state index contributed by atoms with van der Waals surface area (Å²) >= 11 is 0. The fourth-order valence-electron chi connectivity index (χ4n) is 7.12. The van der Waals surface area contributed by atoms with Gasteiger partial charge in [0, 0.05) is 38.5 Å². The number of carbonyl (C=O) groups excluding carboxylic acids is 5. The normalized spacial score (nSPS) is 45.6. The fourth-order valence-corrected chi connectivity index (χ4v) is 7.12. The zero-order chi connectivity index (χ0) is 20.6. The SMILES string of the molecule is COC(=O)C12C3CC(=O)CC1(O)C(C(=O)OC)([C@@H]3OC(C)=O)[C@@H]1CC(=O)C[C@@H]12. The lowest BCUT2D eigenvalue weighted by Gasteiger charge is -2.46. The van der Waals surface area contributed by atoms with Gasteiger partial charge in [-0.1, -0.05) is 0 Å². The first kappa shape index (κ1) is 19.0. The summed E-state index contributed by atoms with van der Waals surface area (Å²) in [6, 6.07) is 0. The van der Waals surface area contributed by atoms with Crippen molar-refractivity contribution in [2.75, 3.05) is 14.2 Å². The van der Waals surface area contributed by atoms with E-state index in [9.17, 15) is 29.1 Å². The van der Waals surface area contributed by atoms with Crippen LogP contribution in [0, 0.1) is 28.6 Å². The van der Waals surface area contributed by atoms with Gasteiger partial charge in [0.15, 0.2) is 0 Å². The average Bonchev–Trinajstić information content (AvgIpc) is 3.11. The number of aliphatic hydroxyl groups is 1. The largest absolute Gasteiger partial charge is 0.468 e. The third-order valence-corrected chi connectivity index (χ3v) is 7.56. The lowest BCUT2D eigenvalue weighted by molar-refractivity contribution is -0.195. The molecule has 0 heterocycles. The second-order valence-electron chi connectivity index (χ2n) is 8.30. The van der Waals surface area contributed by atoms with Gasteiger partial charge in [0.2, 0.25) is 0 Å². The Morgan fingerprint density at radius 2 is 1.39 bits per heavy atom. The molecule has 1 N–H and O–H groups in total. The number of carbonyl (C=O) groups is 5. The molecule has 0 saturated heterocycles. The standard InChI is InChI=1S/C19H22O9/c1-8(20)28-14-13-6-10(22)7-17(25)18(13,15(23)26-2)11-4-9(21)5-12(11)19(14,17)16(24)27-3/h11-14,25H,4-7H2,1-3H3/t11-,12+,13?,14+,17?,18?,19?/m0/s1. The summed E-state index contributed by atoms with van der Waals surface area (Å²) < 4.78 is 15.5. The van der Waals surface area contributed by atoms with Crippen LogP contribution in [0.1, 0.15) is 32.6 Å². The van der Waals surface area contributed by atoms with E-state index in [4.69, 9.17) is 14.2 Å². The van der Waals surface area contributed by atoms with E-state index in [1.165, 1.54) is 0 Å². The van der Waals surface area contributed by atoms with Crippen LogP contribution in [0.5, 0.6) is 0 Å². The first-order valence-corrected chi connectivity index (χ1v) is 9.22. The van der Waals surface area contributed by atoms with Crippen molar-refractivity contribution in [3.05, 3.63) is 0 Å². The summed E-state index contributed by atoms with van der Waals surface area (Å²) in [5, 5.41) is 11.9. The van der Waals surface area contributed by atoms with Crippen molar-refractivity contribution < 1.29 is 43.3 Å². The summed E-state index contributed by atoms with van der Waals surface area (Å²) in [6.07, 6.45) is -1.98. The highest BCUT2D eigenvalue weighted by Gasteiger charge is 2.94. The molecule has 0 aromatic rings. The van der Waals surface area contributed by atoms with Crippen LogP contribution < -0.4 is 0 Å². The Kier molecular flexibility index (Phi) is 3.82. The Bertz CT molecular complexity index is 818. The molecule has 0 aromatic heterocycles. The Labute approximate surface area is 160 Å². The number of esters is 3. The predicted octanol–water partition coefficient (Wildman–Crippen LogP) is -0.430. The van der Waals surface area contributed by atoms with Crippen molar-refractivity contribution in [1.29, 1.82) is 0 Å². The summed E-state index contributed by atoms with van der Waals surface area (Å²) in [6.45, 7) is 1.15. The van der Waals surface area contributed by atoms with Gasteiger partial charge in [-0.25, -0.2) is 0 Å². The lowest BCUT2D eigenvalue weighted by Crippen LogP contribution is -2.61. The van der Waals surface area contributed by atoms with Crippen LogP contribution in [0.2, 0.25) is 0 Å². The van der Waals surface area contributed by atoms with Crippen LogP contribution >= 0.6 is 0 Å². The molecule has 4 unspecified atom stereocenters. The minimum Gasteiger partial charge on any atom is -0.468 e. The smallest absolute Gasteiger partial charge is 0.318 e. The molecule has 7 atom stereocenters. The second-order valence-corrected chi connectivity index (χ2v) is 8.30. The summed E-state index contributed by atoms with van der Waals surface area (Å²) in [5.41, 5.74) is -5.73. The fraction of sp³-hybridized carbons (Fsp3) is 0.737. The zero-order valence-electron chi connectivity index (χ0n) is 15.9. The molecule has 4 aliphatic carbocycles. The molecule has 0 amide bonds. The molecule has 9 nitrogen and oxygen atoms in total. The molecule has 9 heteroatoms. The van der Waals surface area contributed by atoms with Gasteiger partial charge in [0.05, 0.1) is 14.2 Å². The number of Topliss-reactive ketones (excluding diaryl/α,β-unsaturated/α-hetero) is 2. The first-order chi connectivity index (χ1) is 13.1. The molecule has 4 bridgehead atoms. The van der Waals surface area contributed by atoms with Gasteiger partial charge >= 0.3 is 17.9 Å². The van der Waals surface area contributed by atoms with E-state index >= 15 is 0 Å². The van der Waals surface area contributed by atoms with Gasteiger partial charge < -0.3 is 19.3 Å². The topological polar surface area (TPSA) is 133 Å². The van der Waals surface area contributed by atoms with Crippen LogP contribution in [0.3, 0.4) is 0 Å². The Morgan fingerprint density at radius 1 is 0.893 bits per heavy atom. The minimum atomic E-state index is -2.16. The molecule has 4 aliphatic rings. The highest BCUT2D eigenvalue weighted by molar-refractivity contribution is 5.99. The number of fused-ring (bicyclic) bond motifs is 2. The van der Waals surface area contributed by atoms with E-state index in [2.05, 4.69) is 0 Å². The number of hydrogen-bond acceptors (Lipinski definition) is 9. The van der Waals surface area contributed by atoms with E-state index in [1.54, 1.807) is 0 Å². The lowest BCUT2D eigenvalue weighted by atomic mass is 9.57. The highest BCUT2D eigenvalue weighted by atomic mass is 16.6. The van der Waals surface area contributed by atoms with Crippen molar-refractivity contribution in [3.63, 3.8) is 0 Å². The second kappa shape index (κ2) is 5.62. The maximum atomic E-state index is 13.2. The molecule has 0 spiro atoms. The van der Waals surface area contributed by atoms with Crippen LogP contribution in [-0.4, -0.2) is 60.5 Å². The van der Waals surface area contributed by atoms with E-state index < -0.39 is 64.6 Å². The van der Waals surface area contributed by atoms with Gasteiger partial charge in [0.1, 0.15) is 34.1 Å². The van der Waals surface area contributed by atoms with Crippen molar-refractivity contribution in [1.82, 2.24) is 0 Å². The highest BCUT2D eigenvalue weighted by Crippen LogP contribution is 2.81. The summed E-state index contributed by atoms with van der Waals surface area (Å²) in [7, 11) is 2.28. The van der Waals surface area contributed by atoms with Gasteiger partial charge in [-0.15, -0.1) is 0 Å². The van der Waals surface area contributed by atoms with Gasteiger partial charge in [-0.3, -0.25) is 24.0 Å². The molecule has 4 rings (SSSR count). The molecule has 28 heavy (non-hydrogen) atoms. The van der Waals surface area contributed by atoms with Crippen molar-refractivity contribution in [2.24, 2.45) is 28.6 Å². The number of ether oxygens (including phenoxy) is 3. The van der Waals surface area contributed by atoms with Crippen LogP contribution in [0.25, 0.3) is 0 Å². The van der Waals surface area contributed by atoms with E-state index in [0.717, 1.165) is 21.1 Å². The summed E-state index contributed by atoms with van der Waals surface area (Å²) in [4.78, 5) is 63.1. The zero-order valence-corrected chi connectivity index (χ0v) is 15.9. The van der Waals surface area contributed by atoms with Crippen LogP contribution in [-0.2, 0) is 38.2 Å². The van der Waals surface area contributed by atoms with Crippen molar-refractivity contribution in [2.45, 2.75) is 44.3 Å². The summed E-state index contributed by atoms with van der Waals surface area (Å²) in [5.74, 6) is -5.35. The van der Waals surface area contributed by atoms with Gasteiger partial charge in [-0.2, -0.15) is 0 Å². The van der Waals surface area contributed by atoms with Gasteiger partial charge in [0.25, 0.3) is 0 Å². The number of rotatable bonds is 3. The molecular weight excluding hydrogens is 372 g/mol. The maximum absolute atomic E-state index is 13.2. The Morgan fingerprint density at radius 3 is 1.93 bits per heavy atom.